The van der Waals surface area contributed by atoms with E-state index in [0.29, 0.717) is 62.0 Å². The Morgan fingerprint density at radius 2 is 1.55 bits per heavy atom. The largest absolute Gasteiger partial charge is 0.506 e. The molecule has 0 saturated carbocycles. The third-order valence-corrected chi connectivity index (χ3v) is 10.5. The van der Waals surface area contributed by atoms with Crippen molar-refractivity contribution in [2.45, 2.75) is 50.2 Å². The summed E-state index contributed by atoms with van der Waals surface area (Å²) < 4.78 is 14.7. The summed E-state index contributed by atoms with van der Waals surface area (Å²) in [5.41, 5.74) is 2.09. The van der Waals surface area contributed by atoms with Gasteiger partial charge in [0.1, 0.15) is 11.6 Å². The molecule has 0 aliphatic carbocycles. The molecule has 6 rings (SSSR count). The summed E-state index contributed by atoms with van der Waals surface area (Å²) in [5, 5.41) is 34.9. The smallest absolute Gasteiger partial charge is 0.314 e. The summed E-state index contributed by atoms with van der Waals surface area (Å²) in [6, 6.07) is 28.7. The number of phenols is 1. The number of aromatic amines is 1. The average molecular weight is 749 g/mol. The minimum absolute atomic E-state index is 0.0771. The fourth-order valence-corrected chi connectivity index (χ4v) is 7.29. The number of aliphatic carboxylic acids is 1. The highest BCUT2D eigenvalue weighted by atomic mass is 19.1. The Morgan fingerprint density at radius 3 is 2.24 bits per heavy atom. The number of phenolic OH excluding ortho intramolecular Hbond substituents is 1. The third-order valence-electron chi connectivity index (χ3n) is 10.5. The maximum absolute atomic E-state index is 14.7. The van der Waals surface area contributed by atoms with Gasteiger partial charge in [0.15, 0.2) is 0 Å². The maximum atomic E-state index is 14.7. The number of benzene rings is 4. The quantitative estimate of drug-likeness (QED) is 0.0950. The highest BCUT2D eigenvalue weighted by Gasteiger charge is 2.43. The third kappa shape index (κ3) is 9.28. The number of carboxylic acid groups (broad SMARTS) is 1. The summed E-state index contributed by atoms with van der Waals surface area (Å²) in [5.74, 6) is -1.64. The van der Waals surface area contributed by atoms with Crippen molar-refractivity contribution in [3.63, 3.8) is 0 Å². The van der Waals surface area contributed by atoms with Crippen LogP contribution in [0.5, 0.6) is 5.75 Å². The van der Waals surface area contributed by atoms with E-state index in [1.807, 2.05) is 54.6 Å². The second kappa shape index (κ2) is 17.5. The molecule has 0 spiro atoms. The number of piperidine rings is 1. The molecule has 0 radical (unpaired) electrons. The minimum atomic E-state index is -1.01. The van der Waals surface area contributed by atoms with Crippen LogP contribution < -0.4 is 10.9 Å². The lowest BCUT2D eigenvalue weighted by molar-refractivity contribution is -0.148. The van der Waals surface area contributed by atoms with Crippen molar-refractivity contribution in [1.82, 2.24) is 20.1 Å². The average Bonchev–Trinajstić information content (AvgIpc) is 3.19. The minimum Gasteiger partial charge on any atom is -0.506 e. The van der Waals surface area contributed by atoms with Crippen LogP contribution in [0.4, 0.5) is 4.39 Å². The van der Waals surface area contributed by atoms with Crippen molar-refractivity contribution < 1.29 is 34.1 Å². The summed E-state index contributed by atoms with van der Waals surface area (Å²) >= 11 is 0. The van der Waals surface area contributed by atoms with Gasteiger partial charge in [0.2, 0.25) is 17.4 Å². The molecule has 5 N–H and O–H groups in total. The van der Waals surface area contributed by atoms with E-state index in [-0.39, 0.29) is 54.6 Å². The monoisotopic (exact) mass is 748 g/mol. The lowest BCUT2D eigenvalue weighted by Gasteiger charge is -2.39. The molecule has 1 unspecified atom stereocenters. The van der Waals surface area contributed by atoms with Crippen LogP contribution in [-0.2, 0) is 39.2 Å². The van der Waals surface area contributed by atoms with Crippen LogP contribution in [0.15, 0.2) is 108 Å². The van der Waals surface area contributed by atoms with Gasteiger partial charge in [-0.2, -0.15) is 0 Å². The van der Waals surface area contributed by atoms with Gasteiger partial charge in [0, 0.05) is 49.7 Å². The number of hydrogen-bond donors (Lipinski definition) is 5. The van der Waals surface area contributed by atoms with Gasteiger partial charge in [-0.3, -0.25) is 19.2 Å². The molecule has 1 saturated heterocycles. The predicted molar refractivity (Wildman–Crippen MR) is 206 cm³/mol. The van der Waals surface area contributed by atoms with Crippen LogP contribution in [0.3, 0.4) is 0 Å². The maximum Gasteiger partial charge on any atom is 0.314 e. The van der Waals surface area contributed by atoms with E-state index in [9.17, 15) is 38.9 Å². The molecule has 1 atom stereocenters. The van der Waals surface area contributed by atoms with Gasteiger partial charge in [-0.1, -0.05) is 78.9 Å². The number of carbonyl (C=O) groups excluding carboxylic acids is 2. The molecule has 4 aromatic carbocycles. The molecule has 2 amide bonds. The zero-order chi connectivity index (χ0) is 39.0. The fraction of sp³-hybridized carbons (Fsp3) is 0.302. The molecule has 55 heavy (non-hydrogen) atoms. The zero-order valence-electron chi connectivity index (χ0n) is 30.4. The number of halogens is 1. The number of aromatic hydroxyl groups is 1. The molecule has 5 aromatic rings. The van der Waals surface area contributed by atoms with E-state index >= 15 is 0 Å². The van der Waals surface area contributed by atoms with E-state index in [2.05, 4.69) is 10.3 Å². The Hall–Kier alpha value is -5.85. The van der Waals surface area contributed by atoms with Gasteiger partial charge in [-0.05, 0) is 66.3 Å². The molecule has 1 aliphatic heterocycles. The number of fused-ring (bicyclic) bond motifs is 1. The van der Waals surface area contributed by atoms with E-state index in [1.54, 1.807) is 40.1 Å². The Balaban J connectivity index is 1.02. The van der Waals surface area contributed by atoms with Gasteiger partial charge in [-0.25, -0.2) is 4.39 Å². The number of aliphatic hydroxyl groups excluding tert-OH is 1. The van der Waals surface area contributed by atoms with Crippen LogP contribution in [0, 0.1) is 5.82 Å². The fourth-order valence-electron chi connectivity index (χ4n) is 7.29. The first kappa shape index (κ1) is 38.9. The molecule has 0 bridgehead atoms. The normalized spacial score (nSPS) is 14.4. The Labute approximate surface area is 318 Å². The number of rotatable bonds is 15. The summed E-state index contributed by atoms with van der Waals surface area (Å²) in [6.45, 7) is 1.74. The zero-order valence-corrected chi connectivity index (χ0v) is 30.4. The van der Waals surface area contributed by atoms with Gasteiger partial charge in [0.05, 0.1) is 29.9 Å². The molecule has 11 nitrogen and oxygen atoms in total. The van der Waals surface area contributed by atoms with Gasteiger partial charge < -0.3 is 35.4 Å². The number of aliphatic hydroxyl groups is 1. The van der Waals surface area contributed by atoms with Crippen molar-refractivity contribution in [3.05, 3.63) is 147 Å². The van der Waals surface area contributed by atoms with Crippen LogP contribution in [0.2, 0.25) is 0 Å². The topological polar surface area (TPSA) is 163 Å². The van der Waals surface area contributed by atoms with Crippen molar-refractivity contribution in [2.24, 2.45) is 0 Å². The molecular weight excluding hydrogens is 703 g/mol. The van der Waals surface area contributed by atoms with E-state index in [1.165, 1.54) is 18.2 Å². The highest BCUT2D eigenvalue weighted by molar-refractivity contribution is 5.87. The second-order valence-electron chi connectivity index (χ2n) is 14.1. The number of nitrogens with one attached hydrogen (secondary N) is 2. The van der Waals surface area contributed by atoms with E-state index in [4.69, 9.17) is 0 Å². The Kier molecular flexibility index (Phi) is 12.4. The number of H-pyrrole nitrogens is 1. The first-order valence-corrected chi connectivity index (χ1v) is 18.4. The molecule has 286 valence electrons. The van der Waals surface area contributed by atoms with Crippen LogP contribution in [-0.4, -0.2) is 80.6 Å². The summed E-state index contributed by atoms with van der Waals surface area (Å²) in [7, 11) is 0. The van der Waals surface area contributed by atoms with E-state index in [0.717, 1.165) is 16.7 Å². The lowest BCUT2D eigenvalue weighted by Crippen LogP contribution is -2.49. The van der Waals surface area contributed by atoms with Gasteiger partial charge >= 0.3 is 5.97 Å². The SMILES string of the molecule is O=C(Cc1ccc(CC(=O)N(CCCNCC(O)c2ccc(O)c3[nH]c(=O)ccc23)Cc2ccccc2F)cc1)N1CCC(C(=O)O)(c2ccccc2)CC1. The van der Waals surface area contributed by atoms with Crippen LogP contribution in [0.1, 0.15) is 53.2 Å². The number of carboxylic acids is 1. The Morgan fingerprint density at radius 1 is 0.873 bits per heavy atom. The molecule has 1 aliphatic rings. The van der Waals surface area contributed by atoms with Gasteiger partial charge in [0.25, 0.3) is 0 Å². The number of hydrogen-bond acceptors (Lipinski definition) is 7. The predicted octanol–water partition coefficient (Wildman–Crippen LogP) is 4.84. The molecule has 2 heterocycles. The molecule has 12 heteroatoms. The van der Waals surface area contributed by atoms with Crippen molar-refractivity contribution >= 4 is 28.7 Å². The molecule has 1 aromatic heterocycles. The highest BCUT2D eigenvalue weighted by Crippen LogP contribution is 2.36. The standard InChI is InChI=1S/C43H45FN4O7/c44-35-10-5-4-7-31(35)28-48(22-6-21-45-27-37(50)33-15-17-36(49)41-34(33)16-18-38(51)46-41)40(53)26-30-13-11-29(12-14-30)25-39(52)47-23-19-43(20-24-47,42(54)55)32-8-2-1-3-9-32/h1-5,7-18,37,45,49-50H,6,19-28H2,(H,46,51)(H,54,55). The first-order chi connectivity index (χ1) is 26.5. The second-order valence-corrected chi connectivity index (χ2v) is 14.1. The molecule has 1 fully saturated rings. The number of carbonyl (C=O) groups is 3. The Bertz CT molecular complexity index is 2180. The van der Waals surface area contributed by atoms with Crippen molar-refractivity contribution in [1.29, 1.82) is 0 Å². The number of nitrogens with zero attached hydrogens (tertiary/aromatic N) is 2. The number of amides is 2. The number of aromatic nitrogens is 1. The first-order valence-electron chi connectivity index (χ1n) is 18.4. The number of likely N-dealkylation sites (tertiary alicyclic amines) is 1. The van der Waals surface area contributed by atoms with Crippen molar-refractivity contribution in [3.8, 4) is 5.75 Å². The van der Waals surface area contributed by atoms with Crippen LogP contribution in [0.25, 0.3) is 10.9 Å². The molecular formula is C43H45FN4O7. The number of pyridine rings is 1. The lowest BCUT2D eigenvalue weighted by atomic mass is 9.73. The summed E-state index contributed by atoms with van der Waals surface area (Å²) in [6.07, 6.45) is 0.493. The summed E-state index contributed by atoms with van der Waals surface area (Å²) in [4.78, 5) is 56.8. The van der Waals surface area contributed by atoms with Crippen LogP contribution >= 0.6 is 0 Å². The van der Waals surface area contributed by atoms with Crippen molar-refractivity contribution in [2.75, 3.05) is 32.7 Å². The van der Waals surface area contributed by atoms with E-state index < -0.39 is 23.3 Å². The van der Waals surface area contributed by atoms with Gasteiger partial charge in [-0.15, -0.1) is 0 Å².